The van der Waals surface area contributed by atoms with Gasteiger partial charge in [0.05, 0.1) is 12.0 Å². The molecule has 33 rings (SSSR count). The van der Waals surface area contributed by atoms with Crippen molar-refractivity contribution in [1.82, 2.24) is 0 Å². The summed E-state index contributed by atoms with van der Waals surface area (Å²) in [5, 5.41) is 87.1. The minimum absolute atomic E-state index is 0.0118. The van der Waals surface area contributed by atoms with Crippen molar-refractivity contribution in [3.63, 3.8) is 0 Å². The third-order valence-electron chi connectivity index (χ3n) is 25.8. The number of benzene rings is 18. The predicted molar refractivity (Wildman–Crippen MR) is 297 cm³/mol. The van der Waals surface area contributed by atoms with Crippen molar-refractivity contribution in [3.8, 4) is 0 Å². The molecule has 302 valence electrons. The van der Waals surface area contributed by atoms with Crippen molar-refractivity contribution in [1.29, 1.82) is 0 Å². The molecule has 0 amide bonds. The summed E-state index contributed by atoms with van der Waals surface area (Å²) in [6.07, 6.45) is 4.68. The second-order valence-electron chi connectivity index (χ2n) is 26.0. The molecule has 28 aromatic carbocycles. The normalized spacial score (nSPS) is 23.4. The molecule has 0 aliphatic heterocycles. The van der Waals surface area contributed by atoms with Crippen molar-refractivity contribution in [3.05, 3.63) is 33.9 Å². The molecule has 0 aromatic heterocycles. The van der Waals surface area contributed by atoms with Crippen molar-refractivity contribution in [2.24, 2.45) is 5.92 Å². The number of hydrogen-bond donors (Lipinski definition) is 0. The Labute approximate surface area is 388 Å². The van der Waals surface area contributed by atoms with E-state index < -0.39 is 10.8 Å². The molecule has 71 heavy (non-hydrogen) atoms. The molecule has 2 spiro atoms. The maximum atomic E-state index is 15.5. The lowest BCUT2D eigenvalue weighted by atomic mass is 9.47. The molecule has 0 heterocycles. The SMILES string of the molecule is CCCC1C(C(=O)OCC)=CC23c4c5c6c7c8c9c(c%10c%11c2c2c4c4c%12c5c5c6c6c8c8c%13c9c9c%10c%10c%11c%11c2c2c4c4c%12c%12c5c5c6c8c6c8c%13c9c9c%10c%10c%11c2c2c4c4c%12c5c6c5c8c9c%10c2c45)C713. The molecule has 0 N–H and O–H groups in total. The van der Waals surface area contributed by atoms with Crippen molar-refractivity contribution >= 4 is 297 Å². The van der Waals surface area contributed by atoms with Crippen molar-refractivity contribution < 1.29 is 9.53 Å². The van der Waals surface area contributed by atoms with Gasteiger partial charge >= 0.3 is 5.97 Å². The predicted octanol–water partition coefficient (Wildman–Crippen LogP) is 18.2. The lowest BCUT2D eigenvalue weighted by Gasteiger charge is -2.53. The summed E-state index contributed by atoms with van der Waals surface area (Å²) in [7, 11) is 0. The van der Waals surface area contributed by atoms with Crippen LogP contribution in [0.15, 0.2) is 11.6 Å². The van der Waals surface area contributed by atoms with E-state index in [9.17, 15) is 0 Å². The van der Waals surface area contributed by atoms with E-state index in [0.717, 1.165) is 18.4 Å². The van der Waals surface area contributed by atoms with Gasteiger partial charge in [-0.2, -0.15) is 0 Å². The molecular weight excluding hydrogens is 861 g/mol. The zero-order valence-electron chi connectivity index (χ0n) is 37.1. The first-order valence-electron chi connectivity index (χ1n) is 26.9. The summed E-state index contributed by atoms with van der Waals surface area (Å²) < 4.78 is 6.40. The zero-order valence-corrected chi connectivity index (χ0v) is 37.1. The molecule has 0 radical (unpaired) electrons. The lowest BCUT2D eigenvalue weighted by molar-refractivity contribution is -0.139. The van der Waals surface area contributed by atoms with Gasteiger partial charge in [-0.3, -0.25) is 0 Å². The molecular formula is C69H14O2. The third kappa shape index (κ3) is 1.45. The topological polar surface area (TPSA) is 26.3 Å². The highest BCUT2D eigenvalue weighted by atomic mass is 16.5. The Morgan fingerprint density at radius 1 is 0.324 bits per heavy atom. The minimum Gasteiger partial charge on any atom is -0.463 e. The minimum atomic E-state index is -0.541. The summed E-state index contributed by atoms with van der Waals surface area (Å²) in [6, 6.07) is 0. The fourth-order valence-corrected chi connectivity index (χ4v) is 25.9. The van der Waals surface area contributed by atoms with Crippen molar-refractivity contribution in [2.45, 2.75) is 37.5 Å². The van der Waals surface area contributed by atoms with Crippen LogP contribution in [-0.4, -0.2) is 12.6 Å². The largest absolute Gasteiger partial charge is 0.463 e. The first-order chi connectivity index (χ1) is 35.3. The monoisotopic (exact) mass is 874 g/mol. The summed E-state index contributed by atoms with van der Waals surface area (Å²) in [4.78, 5) is 15.5. The Morgan fingerprint density at radius 3 is 0.718 bits per heavy atom. The standard InChI is InChI=1S/C69H14O2/c1-3-5-8-7(67(70)71-4-2)6-68-63-55-47-37-27-19-11-9-10-13-17-15(11)23-31-25(17)35-29-21(13)22-14(10)18-16-12(9)20(19)28-34-24(16)32-26(18)36-30(22)40-39(29)51-45(35)53-43(31)49(41(47)33(23)27)57(63)59(53)65-61(51)62-52(40)46(36)54-44(32)50-42(34)48(38(28)37)56(55)64(68)58(50)60(54)66(62)69(8,65)68/h6,8H,3-5H2,1-2H3. The lowest BCUT2D eigenvalue weighted by Crippen LogP contribution is -2.52. The average Bonchev–Trinajstić information content (AvgIpc) is 4.31. The van der Waals surface area contributed by atoms with Gasteiger partial charge in [0.25, 0.3) is 0 Å². The molecule has 1 unspecified atom stereocenters. The Balaban J connectivity index is 1.18. The molecule has 0 bridgehead atoms. The highest BCUT2D eigenvalue weighted by Gasteiger charge is 2.74. The van der Waals surface area contributed by atoms with Gasteiger partial charge in [-0.25, -0.2) is 4.79 Å². The molecule has 1 atom stereocenters. The molecule has 5 aliphatic rings. The molecule has 0 fully saturated rings. The maximum absolute atomic E-state index is 15.5. The summed E-state index contributed by atoms with van der Waals surface area (Å²) >= 11 is 0. The highest BCUT2D eigenvalue weighted by Crippen LogP contribution is 2.87. The van der Waals surface area contributed by atoms with Crippen LogP contribution in [0.5, 0.6) is 0 Å². The van der Waals surface area contributed by atoms with E-state index in [-0.39, 0.29) is 11.9 Å². The van der Waals surface area contributed by atoms with Gasteiger partial charge in [0.1, 0.15) is 0 Å². The van der Waals surface area contributed by atoms with E-state index in [2.05, 4.69) is 13.0 Å². The van der Waals surface area contributed by atoms with Crippen LogP contribution in [0.25, 0.3) is 291 Å². The summed E-state index contributed by atoms with van der Waals surface area (Å²) in [5.41, 5.74) is 6.45. The summed E-state index contributed by atoms with van der Waals surface area (Å²) in [5.74, 6) is -0.0792. The molecule has 5 aliphatic carbocycles. The first-order valence-corrected chi connectivity index (χ1v) is 26.9. The molecule has 0 saturated carbocycles. The smallest absolute Gasteiger partial charge is 0.334 e. The Kier molecular flexibility index (Phi) is 2.36. The van der Waals surface area contributed by atoms with E-state index in [4.69, 9.17) is 4.74 Å². The zero-order chi connectivity index (χ0) is 42.8. The van der Waals surface area contributed by atoms with Crippen LogP contribution in [0.2, 0.25) is 0 Å². The van der Waals surface area contributed by atoms with Gasteiger partial charge in [0.2, 0.25) is 0 Å². The van der Waals surface area contributed by atoms with Crippen LogP contribution in [0.4, 0.5) is 0 Å². The van der Waals surface area contributed by atoms with E-state index >= 15 is 4.79 Å². The first kappa shape index (κ1) is 27.2. The van der Waals surface area contributed by atoms with Crippen LogP contribution >= 0.6 is 0 Å². The van der Waals surface area contributed by atoms with Gasteiger partial charge < -0.3 is 4.74 Å². The van der Waals surface area contributed by atoms with Gasteiger partial charge in [0.15, 0.2) is 0 Å². The van der Waals surface area contributed by atoms with Crippen LogP contribution in [0.1, 0.15) is 48.9 Å². The Hall–Kier alpha value is -8.33. The summed E-state index contributed by atoms with van der Waals surface area (Å²) in [6.45, 7) is 4.82. The number of esters is 1. The van der Waals surface area contributed by atoms with Gasteiger partial charge in [-0.1, -0.05) is 19.4 Å². The van der Waals surface area contributed by atoms with Crippen LogP contribution in [-0.2, 0) is 20.4 Å². The van der Waals surface area contributed by atoms with E-state index in [1.54, 1.807) is 313 Å². The Morgan fingerprint density at radius 2 is 0.521 bits per heavy atom. The fraction of sp³-hybridized carbons (Fsp3) is 0.116. The third-order valence-corrected chi connectivity index (χ3v) is 25.8. The Bertz CT molecular complexity index is 7100. The van der Waals surface area contributed by atoms with Gasteiger partial charge in [-0.05, 0) is 326 Å². The van der Waals surface area contributed by atoms with Crippen LogP contribution < -0.4 is 0 Å². The molecule has 2 heteroatoms. The van der Waals surface area contributed by atoms with E-state index in [1.165, 1.54) is 0 Å². The number of ether oxygens (including phenoxy) is 1. The highest BCUT2D eigenvalue weighted by molar-refractivity contribution is 6.82. The second-order valence-corrected chi connectivity index (χ2v) is 26.0. The maximum Gasteiger partial charge on any atom is 0.334 e. The van der Waals surface area contributed by atoms with Gasteiger partial charge in [-0.15, -0.1) is 0 Å². The number of allylic oxidation sites excluding steroid dienone is 1. The quantitative estimate of drug-likeness (QED) is 0.130. The van der Waals surface area contributed by atoms with Crippen LogP contribution in [0, 0.1) is 5.92 Å². The van der Waals surface area contributed by atoms with E-state index in [1.807, 2.05) is 6.92 Å². The van der Waals surface area contributed by atoms with Gasteiger partial charge in [0, 0.05) is 16.9 Å². The average molecular weight is 875 g/mol. The molecule has 28 aromatic rings. The number of hydrogen-bond acceptors (Lipinski definition) is 2. The fourth-order valence-electron chi connectivity index (χ4n) is 25.9. The van der Waals surface area contributed by atoms with E-state index in [0.29, 0.717) is 6.61 Å². The number of rotatable bonds is 4. The molecule has 2 nitrogen and oxygen atoms in total. The number of carbonyl (C=O) groups excluding carboxylic acids is 1. The molecule has 0 saturated heterocycles. The van der Waals surface area contributed by atoms with Crippen molar-refractivity contribution in [2.75, 3.05) is 6.61 Å². The van der Waals surface area contributed by atoms with Crippen LogP contribution in [0.3, 0.4) is 0 Å². The second kappa shape index (κ2) is 6.18. The number of carbonyl (C=O) groups is 1.